The van der Waals surface area contributed by atoms with Crippen LogP contribution in [0.3, 0.4) is 0 Å². The van der Waals surface area contributed by atoms with Crippen LogP contribution < -0.4 is 9.47 Å². The minimum atomic E-state index is -0.426. The maximum atomic E-state index is 12.4. The highest BCUT2D eigenvalue weighted by Gasteiger charge is 2.34. The second-order valence-corrected chi connectivity index (χ2v) is 8.39. The summed E-state index contributed by atoms with van der Waals surface area (Å²) >= 11 is 1.33. The Balaban J connectivity index is 1.37. The van der Waals surface area contributed by atoms with Gasteiger partial charge in [-0.15, -0.1) is 0 Å². The fourth-order valence-electron chi connectivity index (χ4n) is 3.33. The van der Waals surface area contributed by atoms with Crippen molar-refractivity contribution in [2.24, 2.45) is 10.1 Å². The molecule has 0 radical (unpaired) electrons. The largest absolute Gasteiger partial charge is 0.490 e. The van der Waals surface area contributed by atoms with Crippen LogP contribution >= 0.6 is 11.8 Å². The Labute approximate surface area is 191 Å². The number of fused-ring (bicyclic) bond motifs is 1. The number of rotatable bonds is 7. The van der Waals surface area contributed by atoms with Crippen molar-refractivity contribution in [1.82, 2.24) is 5.01 Å². The van der Waals surface area contributed by atoms with E-state index in [1.807, 2.05) is 63.2 Å². The molecule has 164 valence electrons. The van der Waals surface area contributed by atoms with Gasteiger partial charge in [-0.3, -0.25) is 10.2 Å². The molecule has 1 amide bonds. The van der Waals surface area contributed by atoms with E-state index in [1.54, 1.807) is 6.08 Å². The quantitative estimate of drug-likeness (QED) is 0.486. The molecule has 0 aliphatic carbocycles. The summed E-state index contributed by atoms with van der Waals surface area (Å²) < 4.78 is 11.6. The molecule has 0 spiro atoms. The first-order chi connectivity index (χ1) is 15.5. The molecule has 0 saturated heterocycles. The monoisotopic (exact) mass is 448 g/mol. The van der Waals surface area contributed by atoms with Gasteiger partial charge in [0.1, 0.15) is 29.8 Å². The summed E-state index contributed by atoms with van der Waals surface area (Å²) in [5, 5.41) is 15.4. The van der Waals surface area contributed by atoms with Gasteiger partial charge in [0.25, 0.3) is 5.91 Å². The highest BCUT2D eigenvalue weighted by Crippen LogP contribution is 2.29. The molecular weight excluding hydrogens is 424 g/mol. The number of carbonyl (C=O) groups is 1. The lowest BCUT2D eigenvalue weighted by atomic mass is 10.1. The van der Waals surface area contributed by atoms with Gasteiger partial charge in [0.05, 0.1) is 5.57 Å². The third kappa shape index (κ3) is 4.60. The highest BCUT2D eigenvalue weighted by molar-refractivity contribution is 8.26. The molecule has 0 aromatic heterocycles. The summed E-state index contributed by atoms with van der Waals surface area (Å²) in [6.45, 7) is 6.89. The maximum Gasteiger partial charge on any atom is 0.283 e. The van der Waals surface area contributed by atoms with Gasteiger partial charge in [-0.2, -0.15) is 15.1 Å². The van der Waals surface area contributed by atoms with Gasteiger partial charge in [-0.25, -0.2) is 0 Å². The van der Waals surface area contributed by atoms with Crippen LogP contribution in [0.4, 0.5) is 0 Å². The number of benzene rings is 2. The molecule has 0 bridgehead atoms. The zero-order chi connectivity index (χ0) is 22.7. The van der Waals surface area contributed by atoms with Crippen molar-refractivity contribution in [3.8, 4) is 11.5 Å². The molecule has 2 aromatic carbocycles. The summed E-state index contributed by atoms with van der Waals surface area (Å²) in [7, 11) is 0. The van der Waals surface area contributed by atoms with Crippen LogP contribution in [0.2, 0.25) is 0 Å². The number of amides is 1. The fourth-order valence-corrected chi connectivity index (χ4v) is 4.16. The third-order valence-corrected chi connectivity index (χ3v) is 6.05. The van der Waals surface area contributed by atoms with E-state index in [0.29, 0.717) is 24.1 Å². The van der Waals surface area contributed by atoms with E-state index in [9.17, 15) is 4.79 Å². The number of carbonyl (C=O) groups excluding carboxylic acids is 1. The number of para-hydroxylation sites is 1. The Morgan fingerprint density at radius 3 is 2.44 bits per heavy atom. The molecule has 2 aliphatic rings. The van der Waals surface area contributed by atoms with Crippen LogP contribution in [0.15, 0.2) is 58.1 Å². The van der Waals surface area contributed by atoms with Crippen LogP contribution in [-0.4, -0.2) is 40.2 Å². The lowest BCUT2D eigenvalue weighted by Gasteiger charge is -2.20. The van der Waals surface area contributed by atoms with Crippen molar-refractivity contribution < 1.29 is 14.3 Å². The molecule has 0 saturated carbocycles. The number of ether oxygens (including phenoxy) is 2. The average Bonchev–Trinajstić information content (AvgIpc) is 3.20. The molecule has 1 N–H and O–H groups in total. The van der Waals surface area contributed by atoms with E-state index in [1.165, 1.54) is 16.8 Å². The number of aryl methyl sites for hydroxylation is 2. The summed E-state index contributed by atoms with van der Waals surface area (Å²) in [6.07, 6.45) is 2.39. The Kier molecular flexibility index (Phi) is 6.41. The van der Waals surface area contributed by atoms with Crippen molar-refractivity contribution in [3.05, 3.63) is 64.7 Å². The SMILES string of the molecule is CCC1=NN2C(=N)/C(=C\c3ccc(OCCOc4c(C)cccc4C)cc3)C(=O)N=C2S1. The van der Waals surface area contributed by atoms with E-state index in [-0.39, 0.29) is 11.4 Å². The maximum absolute atomic E-state index is 12.4. The van der Waals surface area contributed by atoms with Crippen LogP contribution in [0.1, 0.15) is 30.0 Å². The Hall–Kier alpha value is -3.39. The topological polar surface area (TPSA) is 87.3 Å². The number of hydrogen-bond donors (Lipinski definition) is 1. The second-order valence-electron chi connectivity index (χ2n) is 7.35. The molecular formula is C24H24N4O3S. The summed E-state index contributed by atoms with van der Waals surface area (Å²) in [6, 6.07) is 13.4. The van der Waals surface area contributed by atoms with Crippen LogP contribution in [-0.2, 0) is 4.79 Å². The molecule has 8 heteroatoms. The Morgan fingerprint density at radius 1 is 1.06 bits per heavy atom. The van der Waals surface area contributed by atoms with Crippen molar-refractivity contribution in [2.75, 3.05) is 13.2 Å². The molecule has 2 heterocycles. The van der Waals surface area contributed by atoms with E-state index < -0.39 is 5.91 Å². The summed E-state index contributed by atoms with van der Waals surface area (Å²) in [5.41, 5.74) is 3.20. The van der Waals surface area contributed by atoms with Crippen molar-refractivity contribution in [2.45, 2.75) is 27.2 Å². The predicted molar refractivity (Wildman–Crippen MR) is 129 cm³/mol. The number of amidine groups is 2. The zero-order valence-corrected chi connectivity index (χ0v) is 19.0. The number of thioether (sulfide) groups is 1. The summed E-state index contributed by atoms with van der Waals surface area (Å²) in [4.78, 5) is 16.5. The van der Waals surface area contributed by atoms with Crippen molar-refractivity contribution >= 4 is 39.8 Å². The number of aliphatic imine (C=N–C) groups is 1. The Bertz CT molecular complexity index is 1130. The predicted octanol–water partition coefficient (Wildman–Crippen LogP) is 4.79. The molecule has 2 aromatic rings. The highest BCUT2D eigenvalue weighted by atomic mass is 32.2. The van der Waals surface area contributed by atoms with Crippen LogP contribution in [0.25, 0.3) is 6.08 Å². The zero-order valence-electron chi connectivity index (χ0n) is 18.2. The molecule has 7 nitrogen and oxygen atoms in total. The second kappa shape index (κ2) is 9.40. The van der Waals surface area contributed by atoms with Gasteiger partial charge in [0.15, 0.2) is 5.84 Å². The van der Waals surface area contributed by atoms with Crippen LogP contribution in [0, 0.1) is 19.3 Å². The molecule has 4 rings (SSSR count). The molecule has 0 fully saturated rings. The lowest BCUT2D eigenvalue weighted by Crippen LogP contribution is -2.35. The van der Waals surface area contributed by atoms with E-state index in [0.717, 1.165) is 33.9 Å². The number of nitrogens with zero attached hydrogens (tertiary/aromatic N) is 3. The molecule has 0 atom stereocenters. The normalized spacial score (nSPS) is 16.7. The smallest absolute Gasteiger partial charge is 0.283 e. The van der Waals surface area contributed by atoms with Gasteiger partial charge in [0.2, 0.25) is 5.17 Å². The van der Waals surface area contributed by atoms with Crippen molar-refractivity contribution in [3.63, 3.8) is 0 Å². The van der Waals surface area contributed by atoms with Gasteiger partial charge in [0, 0.05) is 0 Å². The lowest BCUT2D eigenvalue weighted by molar-refractivity contribution is -0.114. The van der Waals surface area contributed by atoms with E-state index in [2.05, 4.69) is 10.1 Å². The van der Waals surface area contributed by atoms with Gasteiger partial charge in [-0.1, -0.05) is 37.3 Å². The summed E-state index contributed by atoms with van der Waals surface area (Å²) in [5.74, 6) is 1.22. The first-order valence-electron chi connectivity index (χ1n) is 10.4. The van der Waals surface area contributed by atoms with Gasteiger partial charge >= 0.3 is 0 Å². The van der Waals surface area contributed by atoms with E-state index >= 15 is 0 Å². The number of hydrogen-bond acceptors (Lipinski definition) is 6. The number of nitrogens with one attached hydrogen (secondary N) is 1. The molecule has 0 unspecified atom stereocenters. The van der Waals surface area contributed by atoms with Crippen LogP contribution in [0.5, 0.6) is 11.5 Å². The first kappa shape index (κ1) is 21.8. The molecule has 32 heavy (non-hydrogen) atoms. The first-order valence-corrected chi connectivity index (χ1v) is 11.2. The number of hydrazone groups is 1. The van der Waals surface area contributed by atoms with E-state index in [4.69, 9.17) is 14.9 Å². The molecule has 2 aliphatic heterocycles. The van der Waals surface area contributed by atoms with Gasteiger partial charge < -0.3 is 9.47 Å². The van der Waals surface area contributed by atoms with Gasteiger partial charge in [-0.05, 0) is 66.9 Å². The van der Waals surface area contributed by atoms with Crippen molar-refractivity contribution in [1.29, 1.82) is 5.41 Å². The minimum absolute atomic E-state index is 0.0416. The fraction of sp³-hybridized carbons (Fsp3) is 0.250. The average molecular weight is 449 g/mol. The standard InChI is InChI=1S/C24H24N4O3S/c1-4-20-27-28-22(25)19(23(29)26-24(28)32-20)14-17-8-10-18(11-9-17)30-12-13-31-21-15(2)6-5-7-16(21)3/h5-11,14,25H,4,12-13H2,1-3H3/b19-14+,25-22?. The minimum Gasteiger partial charge on any atom is -0.490 e. The third-order valence-electron chi connectivity index (χ3n) is 5.00. The Morgan fingerprint density at radius 2 is 1.75 bits per heavy atom.